The molecule has 0 saturated carbocycles. The Hall–Kier alpha value is -0.580. The van der Waals surface area contributed by atoms with E-state index in [0.717, 1.165) is 25.9 Å². The van der Waals surface area contributed by atoms with Crippen LogP contribution in [-0.4, -0.2) is 36.2 Å². The van der Waals surface area contributed by atoms with Gasteiger partial charge in [-0.15, -0.1) is 0 Å². The van der Waals surface area contributed by atoms with Crippen LogP contribution in [0.1, 0.15) is 46.0 Å². The van der Waals surface area contributed by atoms with E-state index in [1.54, 1.807) is 0 Å². The van der Waals surface area contributed by atoms with Gasteiger partial charge in [0.1, 0.15) is 0 Å². The minimum atomic E-state index is 0.0950. The molecule has 2 aliphatic rings. The Bertz CT molecular complexity index is 299. The smallest absolute Gasteiger partial charge is 0.0876 e. The molecule has 0 radical (unpaired) electrons. The van der Waals surface area contributed by atoms with Crippen LogP contribution >= 0.6 is 0 Å². The molecule has 0 spiro atoms. The van der Waals surface area contributed by atoms with Crippen molar-refractivity contribution >= 4 is 0 Å². The van der Waals surface area contributed by atoms with Gasteiger partial charge in [-0.25, -0.2) is 0 Å². The largest absolute Gasteiger partial charge is 0.501 e. The van der Waals surface area contributed by atoms with Crippen LogP contribution in [0.3, 0.4) is 0 Å². The molecule has 18 heavy (non-hydrogen) atoms. The summed E-state index contributed by atoms with van der Waals surface area (Å²) in [5.74, 6) is 5.86. The van der Waals surface area contributed by atoms with Crippen molar-refractivity contribution in [1.82, 2.24) is 10.3 Å². The summed E-state index contributed by atoms with van der Waals surface area (Å²) in [7, 11) is 0. The standard InChI is InChI=1S/C14H27N3O/c1-3-14(2,17-8-4-5-9-17)13(16-15)12-7-6-10-18-11-12/h11,13,16H,3-10,15H2,1-2H3. The molecule has 0 aromatic heterocycles. The van der Waals surface area contributed by atoms with E-state index in [9.17, 15) is 0 Å². The highest BCUT2D eigenvalue weighted by Gasteiger charge is 2.41. The van der Waals surface area contributed by atoms with Gasteiger partial charge in [0, 0.05) is 5.54 Å². The van der Waals surface area contributed by atoms with Gasteiger partial charge < -0.3 is 4.74 Å². The molecular weight excluding hydrogens is 226 g/mol. The van der Waals surface area contributed by atoms with Crippen molar-refractivity contribution in [2.24, 2.45) is 5.84 Å². The van der Waals surface area contributed by atoms with Crippen molar-refractivity contribution in [2.75, 3.05) is 19.7 Å². The average Bonchev–Trinajstić information content (AvgIpc) is 2.95. The summed E-state index contributed by atoms with van der Waals surface area (Å²) < 4.78 is 5.49. The molecular formula is C14H27N3O. The number of rotatable bonds is 5. The lowest BCUT2D eigenvalue weighted by Crippen LogP contribution is -2.61. The van der Waals surface area contributed by atoms with Gasteiger partial charge in [-0.05, 0) is 57.7 Å². The van der Waals surface area contributed by atoms with E-state index in [1.165, 1.54) is 31.5 Å². The summed E-state index contributed by atoms with van der Waals surface area (Å²) in [5, 5.41) is 0. The maximum absolute atomic E-state index is 5.86. The first-order valence-corrected chi connectivity index (χ1v) is 7.24. The lowest BCUT2D eigenvalue weighted by Gasteiger charge is -2.45. The highest BCUT2D eigenvalue weighted by atomic mass is 16.5. The Kier molecular flexibility index (Phi) is 4.65. The zero-order valence-corrected chi connectivity index (χ0v) is 11.7. The Morgan fingerprint density at radius 2 is 2.17 bits per heavy atom. The van der Waals surface area contributed by atoms with Crippen LogP contribution < -0.4 is 11.3 Å². The van der Waals surface area contributed by atoms with E-state index >= 15 is 0 Å². The second kappa shape index (κ2) is 6.04. The second-order valence-corrected chi connectivity index (χ2v) is 5.67. The fourth-order valence-electron chi connectivity index (χ4n) is 3.32. The van der Waals surface area contributed by atoms with Gasteiger partial charge in [0.2, 0.25) is 0 Å². The molecule has 0 aromatic carbocycles. The molecule has 2 heterocycles. The lowest BCUT2D eigenvalue weighted by atomic mass is 9.82. The van der Waals surface area contributed by atoms with E-state index in [4.69, 9.17) is 10.6 Å². The maximum Gasteiger partial charge on any atom is 0.0876 e. The van der Waals surface area contributed by atoms with Crippen molar-refractivity contribution in [3.63, 3.8) is 0 Å². The zero-order valence-electron chi connectivity index (χ0n) is 11.7. The molecule has 4 nitrogen and oxygen atoms in total. The highest BCUT2D eigenvalue weighted by Crippen LogP contribution is 2.33. The molecule has 3 N–H and O–H groups in total. The summed E-state index contributed by atoms with van der Waals surface area (Å²) in [6, 6.07) is 0.195. The van der Waals surface area contributed by atoms with Crippen molar-refractivity contribution in [3.05, 3.63) is 11.8 Å². The number of nitrogens with two attached hydrogens (primary N) is 1. The maximum atomic E-state index is 5.86. The number of hydrogen-bond donors (Lipinski definition) is 2. The third-order valence-electron chi connectivity index (χ3n) is 4.67. The summed E-state index contributed by atoms with van der Waals surface area (Å²) in [6.07, 6.45) is 7.84. The summed E-state index contributed by atoms with van der Waals surface area (Å²) in [4.78, 5) is 2.59. The van der Waals surface area contributed by atoms with Crippen molar-refractivity contribution in [2.45, 2.75) is 57.5 Å². The molecule has 0 amide bonds. The molecule has 2 rings (SSSR count). The molecule has 1 saturated heterocycles. The number of likely N-dealkylation sites (tertiary alicyclic amines) is 1. The SMILES string of the molecule is CCC(C)(C(NN)C1=COCCC1)N1CCCC1. The van der Waals surface area contributed by atoms with Crippen molar-refractivity contribution < 1.29 is 4.74 Å². The molecule has 104 valence electrons. The van der Waals surface area contributed by atoms with Crippen molar-refractivity contribution in [3.8, 4) is 0 Å². The summed E-state index contributed by atoms with van der Waals surface area (Å²) in [5.41, 5.74) is 4.46. The van der Waals surface area contributed by atoms with Gasteiger partial charge in [0.25, 0.3) is 0 Å². The van der Waals surface area contributed by atoms with Crippen LogP contribution in [0.4, 0.5) is 0 Å². The molecule has 2 unspecified atom stereocenters. The molecule has 1 fully saturated rings. The number of ether oxygens (including phenoxy) is 1. The molecule has 0 aromatic rings. The molecule has 2 aliphatic heterocycles. The van der Waals surface area contributed by atoms with Gasteiger partial charge in [0.05, 0.1) is 18.9 Å². The lowest BCUT2D eigenvalue weighted by molar-refractivity contribution is 0.0908. The van der Waals surface area contributed by atoms with Crippen LogP contribution in [0.15, 0.2) is 11.8 Å². The molecule has 4 heteroatoms. The van der Waals surface area contributed by atoms with Crippen LogP contribution in [-0.2, 0) is 4.74 Å². The van der Waals surface area contributed by atoms with E-state index in [0.29, 0.717) is 0 Å². The van der Waals surface area contributed by atoms with Crippen LogP contribution in [0.25, 0.3) is 0 Å². The third kappa shape index (κ3) is 2.56. The van der Waals surface area contributed by atoms with Crippen LogP contribution in [0.5, 0.6) is 0 Å². The molecule has 0 aliphatic carbocycles. The van der Waals surface area contributed by atoms with Crippen molar-refractivity contribution in [1.29, 1.82) is 0 Å². The summed E-state index contributed by atoms with van der Waals surface area (Å²) in [6.45, 7) is 7.81. The van der Waals surface area contributed by atoms with E-state index in [2.05, 4.69) is 24.2 Å². The zero-order chi connectivity index (χ0) is 13.0. The Morgan fingerprint density at radius 1 is 1.44 bits per heavy atom. The first-order valence-electron chi connectivity index (χ1n) is 7.24. The number of nitrogens with one attached hydrogen (secondary N) is 1. The van der Waals surface area contributed by atoms with Crippen LogP contribution in [0.2, 0.25) is 0 Å². The minimum Gasteiger partial charge on any atom is -0.501 e. The first-order chi connectivity index (χ1) is 8.72. The minimum absolute atomic E-state index is 0.0950. The Labute approximate surface area is 111 Å². The number of hydrazine groups is 1. The normalized spacial score (nSPS) is 26.3. The Balaban J connectivity index is 2.18. The van der Waals surface area contributed by atoms with Gasteiger partial charge in [-0.2, -0.15) is 0 Å². The third-order valence-corrected chi connectivity index (χ3v) is 4.67. The monoisotopic (exact) mass is 253 g/mol. The van der Waals surface area contributed by atoms with Gasteiger partial charge in [-0.1, -0.05) is 6.92 Å². The van der Waals surface area contributed by atoms with Gasteiger partial charge in [0.15, 0.2) is 0 Å². The highest BCUT2D eigenvalue weighted by molar-refractivity contribution is 5.18. The first kappa shape index (κ1) is 13.8. The predicted molar refractivity (Wildman–Crippen MR) is 73.9 cm³/mol. The topological polar surface area (TPSA) is 50.5 Å². The van der Waals surface area contributed by atoms with E-state index in [1.807, 2.05) is 6.26 Å². The van der Waals surface area contributed by atoms with E-state index < -0.39 is 0 Å². The average molecular weight is 253 g/mol. The van der Waals surface area contributed by atoms with Gasteiger partial charge >= 0.3 is 0 Å². The molecule has 2 atom stereocenters. The second-order valence-electron chi connectivity index (χ2n) is 5.67. The fourth-order valence-corrected chi connectivity index (χ4v) is 3.32. The number of hydrogen-bond acceptors (Lipinski definition) is 4. The van der Waals surface area contributed by atoms with Gasteiger partial charge in [-0.3, -0.25) is 16.2 Å². The quantitative estimate of drug-likeness (QED) is 0.579. The fraction of sp³-hybridized carbons (Fsp3) is 0.857. The van der Waals surface area contributed by atoms with Crippen LogP contribution in [0, 0.1) is 0 Å². The Morgan fingerprint density at radius 3 is 2.67 bits per heavy atom. The number of nitrogens with zero attached hydrogens (tertiary/aromatic N) is 1. The predicted octanol–water partition coefficient (Wildman–Crippen LogP) is 1.78. The molecule has 0 bridgehead atoms. The summed E-state index contributed by atoms with van der Waals surface area (Å²) >= 11 is 0. The van der Waals surface area contributed by atoms with E-state index in [-0.39, 0.29) is 11.6 Å².